The summed E-state index contributed by atoms with van der Waals surface area (Å²) in [5, 5.41) is 0. The van der Waals surface area contributed by atoms with Crippen LogP contribution in [-0.2, 0) is 12.2 Å². The second-order valence-electron chi connectivity index (χ2n) is 5.04. The van der Waals surface area contributed by atoms with Gasteiger partial charge in [0.25, 0.3) is 0 Å². The van der Waals surface area contributed by atoms with Crippen LogP contribution in [0.3, 0.4) is 0 Å². The Morgan fingerprint density at radius 3 is 2.85 bits per heavy atom. The molecule has 2 aromatic rings. The zero-order valence-corrected chi connectivity index (χ0v) is 14.7. The van der Waals surface area contributed by atoms with Crippen LogP contribution in [0.5, 0.6) is 0 Å². The molecule has 0 radical (unpaired) electrons. The molecule has 2 nitrogen and oxygen atoms in total. The molecule has 5 heteroatoms. The number of nitrogens with zero attached hydrogens (tertiary/aromatic N) is 1. The Balaban J connectivity index is 2.09. The lowest BCUT2D eigenvalue weighted by Crippen LogP contribution is -2.02. The molecule has 0 atom stereocenters. The first kappa shape index (κ1) is 15.7. The number of nitrogens with one attached hydrogen (secondary N) is 1. The van der Waals surface area contributed by atoms with Crippen molar-refractivity contribution in [2.45, 2.75) is 30.9 Å². The first-order chi connectivity index (χ1) is 9.52. The average Bonchev–Trinajstić information content (AvgIpc) is 2.35. The Labute approximate surface area is 137 Å². The minimum absolute atomic E-state index is 0.605. The molecule has 1 aromatic carbocycles. The topological polar surface area (TPSA) is 28.7 Å². The highest BCUT2D eigenvalue weighted by molar-refractivity contribution is 9.10. The van der Waals surface area contributed by atoms with Gasteiger partial charge in [-0.15, -0.1) is 11.8 Å². The van der Waals surface area contributed by atoms with E-state index in [1.54, 1.807) is 11.8 Å². The summed E-state index contributed by atoms with van der Waals surface area (Å²) < 4.78 is 1.76. The van der Waals surface area contributed by atoms with Gasteiger partial charge in [0, 0.05) is 15.1 Å². The molecule has 0 aliphatic carbocycles. The molecule has 0 unspecified atom stereocenters. The van der Waals surface area contributed by atoms with Gasteiger partial charge in [0.15, 0.2) is 0 Å². The van der Waals surface area contributed by atoms with E-state index in [1.165, 1.54) is 10.6 Å². The van der Waals surface area contributed by atoms with Crippen molar-refractivity contribution in [3.63, 3.8) is 0 Å². The monoisotopic (exact) mass is 368 g/mol. The van der Waals surface area contributed by atoms with Crippen molar-refractivity contribution in [1.82, 2.24) is 9.97 Å². The van der Waals surface area contributed by atoms with Crippen molar-refractivity contribution in [3.8, 4) is 0 Å². The van der Waals surface area contributed by atoms with Crippen molar-refractivity contribution in [2.24, 2.45) is 5.92 Å². The Morgan fingerprint density at radius 2 is 2.15 bits per heavy atom. The molecule has 106 valence electrons. The number of thioether (sulfide) groups is 1. The number of benzene rings is 1. The zero-order valence-electron chi connectivity index (χ0n) is 11.5. The first-order valence-corrected chi connectivity index (χ1v) is 8.69. The normalized spacial score (nSPS) is 11.0. The molecule has 2 rings (SSSR count). The van der Waals surface area contributed by atoms with Gasteiger partial charge in [-0.05, 0) is 36.6 Å². The minimum atomic E-state index is 0.605. The van der Waals surface area contributed by atoms with Crippen molar-refractivity contribution in [1.29, 1.82) is 0 Å². The highest BCUT2D eigenvalue weighted by Gasteiger charge is 2.03. The molecule has 0 spiro atoms. The predicted molar refractivity (Wildman–Crippen MR) is 91.7 cm³/mol. The van der Waals surface area contributed by atoms with E-state index in [9.17, 15) is 0 Å². The predicted octanol–water partition coefficient (Wildman–Crippen LogP) is 5.39. The van der Waals surface area contributed by atoms with Crippen LogP contribution in [-0.4, -0.2) is 9.97 Å². The molecule has 0 saturated carbocycles. The van der Waals surface area contributed by atoms with E-state index in [0.717, 1.165) is 22.5 Å². The summed E-state index contributed by atoms with van der Waals surface area (Å²) in [5.41, 5.74) is 1.17. The van der Waals surface area contributed by atoms with Crippen LogP contribution < -0.4 is 0 Å². The van der Waals surface area contributed by atoms with Gasteiger partial charge in [-0.25, -0.2) is 4.98 Å². The molecule has 1 heterocycles. The maximum absolute atomic E-state index is 5.24. The Bertz CT molecular complexity index is 638. The van der Waals surface area contributed by atoms with Crippen LogP contribution in [0.1, 0.15) is 25.4 Å². The van der Waals surface area contributed by atoms with E-state index in [0.29, 0.717) is 10.6 Å². The second kappa shape index (κ2) is 7.38. The van der Waals surface area contributed by atoms with Crippen molar-refractivity contribution >= 4 is 39.9 Å². The highest BCUT2D eigenvalue weighted by Crippen LogP contribution is 2.24. The van der Waals surface area contributed by atoms with Gasteiger partial charge in [0.1, 0.15) is 10.5 Å². The number of rotatable bonds is 5. The molecule has 0 bridgehead atoms. The van der Waals surface area contributed by atoms with E-state index >= 15 is 0 Å². The summed E-state index contributed by atoms with van der Waals surface area (Å²) >= 11 is 10.5. The standard InChI is InChI=1S/C15H17BrN2S2/c1-10(2)6-12-8-15(19)18-14(17-12)9-20-13-5-3-4-11(16)7-13/h3-5,7-8,10H,6,9H2,1-2H3,(H,17,18,19). The lowest BCUT2D eigenvalue weighted by atomic mass is 10.1. The number of hydrogen-bond acceptors (Lipinski definition) is 3. The fourth-order valence-corrected chi connectivity index (χ4v) is 3.52. The zero-order chi connectivity index (χ0) is 14.5. The quantitative estimate of drug-likeness (QED) is 0.566. The highest BCUT2D eigenvalue weighted by atomic mass is 79.9. The molecule has 1 N–H and O–H groups in total. The summed E-state index contributed by atoms with van der Waals surface area (Å²) in [6.07, 6.45) is 1.00. The van der Waals surface area contributed by atoms with Crippen molar-refractivity contribution in [2.75, 3.05) is 0 Å². The lowest BCUT2D eigenvalue weighted by molar-refractivity contribution is 0.631. The third kappa shape index (κ3) is 5.04. The van der Waals surface area contributed by atoms with Crippen LogP contribution in [0.2, 0.25) is 0 Å². The van der Waals surface area contributed by atoms with Gasteiger partial charge < -0.3 is 4.98 Å². The SMILES string of the molecule is CC(C)Cc1cc(=S)nc(CSc2cccc(Br)c2)[nH]1. The van der Waals surface area contributed by atoms with Crippen LogP contribution in [0.4, 0.5) is 0 Å². The van der Waals surface area contributed by atoms with Gasteiger partial charge in [0.2, 0.25) is 0 Å². The summed E-state index contributed by atoms with van der Waals surface area (Å²) in [6, 6.07) is 10.2. The molecule has 0 amide bonds. The van der Waals surface area contributed by atoms with Gasteiger partial charge >= 0.3 is 0 Å². The van der Waals surface area contributed by atoms with Gasteiger partial charge in [0.05, 0.1) is 5.75 Å². The average molecular weight is 369 g/mol. The molecule has 0 saturated heterocycles. The molecule has 0 fully saturated rings. The van der Waals surface area contributed by atoms with Gasteiger partial charge in [-0.1, -0.05) is 48.1 Å². The minimum Gasteiger partial charge on any atom is -0.346 e. The molecule has 0 aliphatic rings. The smallest absolute Gasteiger partial charge is 0.130 e. The molecule has 20 heavy (non-hydrogen) atoms. The summed E-state index contributed by atoms with van der Waals surface area (Å²) in [6.45, 7) is 4.40. The van der Waals surface area contributed by atoms with Crippen molar-refractivity contribution in [3.05, 3.63) is 51.0 Å². The number of H-pyrrole nitrogens is 1. The Morgan fingerprint density at radius 1 is 1.35 bits per heavy atom. The molecular formula is C15H17BrN2S2. The molecule has 1 aromatic heterocycles. The second-order valence-corrected chi connectivity index (χ2v) is 7.42. The first-order valence-electron chi connectivity index (χ1n) is 6.50. The van der Waals surface area contributed by atoms with E-state index in [1.807, 2.05) is 18.2 Å². The number of aromatic nitrogens is 2. The third-order valence-corrected chi connectivity index (χ3v) is 4.35. The summed E-state index contributed by atoms with van der Waals surface area (Å²) in [4.78, 5) is 9.01. The largest absolute Gasteiger partial charge is 0.346 e. The fraction of sp³-hybridized carbons (Fsp3) is 0.333. The van der Waals surface area contributed by atoms with E-state index in [-0.39, 0.29) is 0 Å². The van der Waals surface area contributed by atoms with Crippen molar-refractivity contribution < 1.29 is 0 Å². The number of hydrogen-bond donors (Lipinski definition) is 1. The Kier molecular flexibility index (Phi) is 5.81. The van der Waals surface area contributed by atoms with Crippen LogP contribution in [0.25, 0.3) is 0 Å². The molecular weight excluding hydrogens is 352 g/mol. The van der Waals surface area contributed by atoms with Crippen LogP contribution in [0.15, 0.2) is 39.7 Å². The van der Waals surface area contributed by atoms with Gasteiger partial charge in [-0.3, -0.25) is 0 Å². The molecule has 0 aliphatic heterocycles. The maximum atomic E-state index is 5.24. The van der Waals surface area contributed by atoms with E-state index in [2.05, 4.69) is 51.9 Å². The third-order valence-electron chi connectivity index (χ3n) is 2.65. The van der Waals surface area contributed by atoms with E-state index < -0.39 is 0 Å². The number of halogens is 1. The number of aromatic amines is 1. The summed E-state index contributed by atoms with van der Waals surface area (Å²) in [5.74, 6) is 2.35. The van der Waals surface area contributed by atoms with E-state index in [4.69, 9.17) is 12.2 Å². The van der Waals surface area contributed by atoms with Crippen LogP contribution >= 0.6 is 39.9 Å². The van der Waals surface area contributed by atoms with Gasteiger partial charge in [-0.2, -0.15) is 0 Å². The summed E-state index contributed by atoms with van der Waals surface area (Å²) in [7, 11) is 0. The lowest BCUT2D eigenvalue weighted by Gasteiger charge is -2.08. The maximum Gasteiger partial charge on any atom is 0.130 e. The van der Waals surface area contributed by atoms with Crippen LogP contribution in [0, 0.1) is 10.6 Å². The fourth-order valence-electron chi connectivity index (χ4n) is 1.89. The Hall–Kier alpha value is -0.650.